The molecule has 1 fully saturated rings. The molecule has 1 unspecified atom stereocenters. The van der Waals surface area contributed by atoms with Crippen molar-refractivity contribution in [1.29, 1.82) is 0 Å². The van der Waals surface area contributed by atoms with Gasteiger partial charge in [0.1, 0.15) is 5.82 Å². The number of H-pyrrole nitrogens is 1. The molecule has 1 aromatic heterocycles. The second-order valence-corrected chi connectivity index (χ2v) is 6.65. The molecule has 1 N–H and O–H groups in total. The molecule has 0 bridgehead atoms. The van der Waals surface area contributed by atoms with Crippen LogP contribution in [0, 0.1) is 12.8 Å². The van der Waals surface area contributed by atoms with Crippen LogP contribution in [0.2, 0.25) is 0 Å². The second kappa shape index (κ2) is 7.35. The van der Waals surface area contributed by atoms with Crippen LogP contribution in [0.5, 0.6) is 0 Å². The molecule has 1 aromatic rings. The maximum absolute atomic E-state index is 12.9. The van der Waals surface area contributed by atoms with Crippen molar-refractivity contribution in [2.24, 2.45) is 5.92 Å². The van der Waals surface area contributed by atoms with Gasteiger partial charge in [-0.2, -0.15) is 0 Å². The molecule has 2 aliphatic heterocycles. The van der Waals surface area contributed by atoms with Crippen LogP contribution in [-0.4, -0.2) is 64.9 Å². The summed E-state index contributed by atoms with van der Waals surface area (Å²) in [5.74, 6) is 0.487. The highest BCUT2D eigenvalue weighted by atomic mass is 16.5. The number of aromatic nitrogens is 2. The summed E-state index contributed by atoms with van der Waals surface area (Å²) in [7, 11) is 1.60. The lowest BCUT2D eigenvalue weighted by molar-refractivity contribution is -0.144. The standard InChI is InChI=1S/C17H24N4O4/c1-11-18-14-10-21(6-5-13(14)16(23)19-11)17(24)12-3-4-15(22)20(9-12)7-8-25-2/h12H,3-10H2,1-2H3,(H,18,19,23). The lowest BCUT2D eigenvalue weighted by atomic mass is 9.94. The zero-order valence-corrected chi connectivity index (χ0v) is 14.7. The number of hydrogen-bond donors (Lipinski definition) is 1. The number of rotatable bonds is 4. The van der Waals surface area contributed by atoms with Gasteiger partial charge in [0.05, 0.1) is 24.8 Å². The maximum atomic E-state index is 12.9. The Hall–Kier alpha value is -2.22. The average Bonchev–Trinajstić information content (AvgIpc) is 2.59. The van der Waals surface area contributed by atoms with Gasteiger partial charge in [0.2, 0.25) is 11.8 Å². The predicted molar refractivity (Wildman–Crippen MR) is 89.9 cm³/mol. The number of carbonyl (C=O) groups excluding carboxylic acids is 2. The van der Waals surface area contributed by atoms with Crippen molar-refractivity contribution in [2.75, 3.05) is 33.4 Å². The molecule has 8 heteroatoms. The summed E-state index contributed by atoms with van der Waals surface area (Å²) in [6.45, 7) is 4.03. The first-order valence-electron chi connectivity index (χ1n) is 8.63. The average molecular weight is 348 g/mol. The predicted octanol–water partition coefficient (Wildman–Crippen LogP) is -0.152. The minimum absolute atomic E-state index is 0.0419. The van der Waals surface area contributed by atoms with Gasteiger partial charge in [-0.05, 0) is 19.8 Å². The Morgan fingerprint density at radius 3 is 2.92 bits per heavy atom. The first kappa shape index (κ1) is 17.6. The number of fused-ring (bicyclic) bond motifs is 1. The van der Waals surface area contributed by atoms with Gasteiger partial charge in [-0.3, -0.25) is 14.4 Å². The van der Waals surface area contributed by atoms with E-state index < -0.39 is 0 Å². The molecule has 8 nitrogen and oxygen atoms in total. The van der Waals surface area contributed by atoms with Crippen LogP contribution in [0.1, 0.15) is 29.9 Å². The molecule has 0 aromatic carbocycles. The Balaban J connectivity index is 1.69. The van der Waals surface area contributed by atoms with Crippen molar-refractivity contribution in [2.45, 2.75) is 32.7 Å². The molecule has 2 amide bonds. The summed E-state index contributed by atoms with van der Waals surface area (Å²) in [4.78, 5) is 47.4. The van der Waals surface area contributed by atoms with Crippen LogP contribution in [0.25, 0.3) is 0 Å². The van der Waals surface area contributed by atoms with Gasteiger partial charge >= 0.3 is 0 Å². The number of carbonyl (C=O) groups is 2. The van der Waals surface area contributed by atoms with E-state index in [0.29, 0.717) is 69.1 Å². The molecule has 1 saturated heterocycles. The summed E-state index contributed by atoms with van der Waals surface area (Å²) in [5, 5.41) is 0. The lowest BCUT2D eigenvalue weighted by Crippen LogP contribution is -2.49. The smallest absolute Gasteiger partial charge is 0.254 e. The second-order valence-electron chi connectivity index (χ2n) is 6.65. The molecule has 25 heavy (non-hydrogen) atoms. The number of aryl methyl sites for hydroxylation is 1. The van der Waals surface area contributed by atoms with E-state index in [4.69, 9.17) is 4.74 Å². The topological polar surface area (TPSA) is 95.6 Å². The summed E-state index contributed by atoms with van der Waals surface area (Å²) >= 11 is 0. The third kappa shape index (κ3) is 3.73. The molecular formula is C17H24N4O4. The molecule has 0 aliphatic carbocycles. The molecule has 0 radical (unpaired) electrons. The minimum Gasteiger partial charge on any atom is -0.383 e. The van der Waals surface area contributed by atoms with Gasteiger partial charge in [0.15, 0.2) is 0 Å². The van der Waals surface area contributed by atoms with Crippen LogP contribution in [0.3, 0.4) is 0 Å². The number of nitrogens with one attached hydrogen (secondary N) is 1. The van der Waals surface area contributed by atoms with Crippen LogP contribution in [-0.2, 0) is 27.3 Å². The van der Waals surface area contributed by atoms with Crippen LogP contribution >= 0.6 is 0 Å². The molecule has 0 saturated carbocycles. The van der Waals surface area contributed by atoms with E-state index in [2.05, 4.69) is 9.97 Å². The number of likely N-dealkylation sites (tertiary alicyclic amines) is 1. The van der Waals surface area contributed by atoms with Crippen molar-refractivity contribution in [3.63, 3.8) is 0 Å². The van der Waals surface area contributed by atoms with Crippen molar-refractivity contribution < 1.29 is 14.3 Å². The number of methoxy groups -OCH3 is 1. The lowest BCUT2D eigenvalue weighted by Gasteiger charge is -2.36. The highest BCUT2D eigenvalue weighted by molar-refractivity contribution is 5.84. The van der Waals surface area contributed by atoms with Crippen molar-refractivity contribution in [3.05, 3.63) is 27.4 Å². The molecular weight excluding hydrogens is 324 g/mol. The quantitative estimate of drug-likeness (QED) is 0.816. The zero-order chi connectivity index (χ0) is 18.0. The zero-order valence-electron chi connectivity index (χ0n) is 14.7. The Kier molecular flexibility index (Phi) is 5.17. The van der Waals surface area contributed by atoms with E-state index in [1.54, 1.807) is 23.8 Å². The van der Waals surface area contributed by atoms with E-state index in [1.165, 1.54) is 0 Å². The van der Waals surface area contributed by atoms with Crippen LogP contribution in [0.4, 0.5) is 0 Å². The first-order chi connectivity index (χ1) is 12.0. The fraction of sp³-hybridized carbons (Fsp3) is 0.647. The monoisotopic (exact) mass is 348 g/mol. The van der Waals surface area contributed by atoms with E-state index in [0.717, 1.165) is 0 Å². The fourth-order valence-electron chi connectivity index (χ4n) is 3.54. The highest BCUT2D eigenvalue weighted by Gasteiger charge is 2.34. The fourth-order valence-corrected chi connectivity index (χ4v) is 3.54. The number of ether oxygens (including phenoxy) is 1. The minimum atomic E-state index is -0.195. The van der Waals surface area contributed by atoms with E-state index in [1.807, 2.05) is 0 Å². The highest BCUT2D eigenvalue weighted by Crippen LogP contribution is 2.23. The van der Waals surface area contributed by atoms with E-state index >= 15 is 0 Å². The molecule has 1 atom stereocenters. The number of piperidine rings is 1. The number of hydrogen-bond acceptors (Lipinski definition) is 5. The van der Waals surface area contributed by atoms with Gasteiger partial charge in [0, 0.05) is 38.7 Å². The van der Waals surface area contributed by atoms with Crippen molar-refractivity contribution in [1.82, 2.24) is 19.8 Å². The van der Waals surface area contributed by atoms with Crippen molar-refractivity contribution in [3.8, 4) is 0 Å². The van der Waals surface area contributed by atoms with Gasteiger partial charge < -0.3 is 19.5 Å². The molecule has 3 rings (SSSR count). The third-order valence-electron chi connectivity index (χ3n) is 4.92. The van der Waals surface area contributed by atoms with Crippen LogP contribution < -0.4 is 5.56 Å². The number of aromatic amines is 1. The van der Waals surface area contributed by atoms with E-state index in [-0.39, 0.29) is 23.3 Å². The SMILES string of the molecule is COCCN1CC(C(=O)N2CCc3c(nc(C)[nH]c3=O)C2)CCC1=O. The van der Waals surface area contributed by atoms with Gasteiger partial charge in [-0.15, -0.1) is 0 Å². The summed E-state index contributed by atoms with van der Waals surface area (Å²) in [6.07, 6.45) is 1.48. The maximum Gasteiger partial charge on any atom is 0.254 e. The summed E-state index contributed by atoms with van der Waals surface area (Å²) in [5.41, 5.74) is 1.25. The van der Waals surface area contributed by atoms with Gasteiger partial charge in [-0.25, -0.2) is 4.98 Å². The van der Waals surface area contributed by atoms with E-state index in [9.17, 15) is 14.4 Å². The summed E-state index contributed by atoms with van der Waals surface area (Å²) < 4.78 is 5.04. The van der Waals surface area contributed by atoms with Gasteiger partial charge in [0.25, 0.3) is 5.56 Å². The normalized spacial score (nSPS) is 20.6. The molecule has 2 aliphatic rings. The Morgan fingerprint density at radius 1 is 1.36 bits per heavy atom. The van der Waals surface area contributed by atoms with Crippen molar-refractivity contribution >= 4 is 11.8 Å². The Morgan fingerprint density at radius 2 is 2.16 bits per heavy atom. The third-order valence-corrected chi connectivity index (χ3v) is 4.92. The summed E-state index contributed by atoms with van der Waals surface area (Å²) in [6, 6.07) is 0. The largest absolute Gasteiger partial charge is 0.383 e. The molecule has 0 spiro atoms. The van der Waals surface area contributed by atoms with Gasteiger partial charge in [-0.1, -0.05) is 0 Å². The number of nitrogens with zero attached hydrogens (tertiary/aromatic N) is 3. The molecule has 136 valence electrons. The Bertz CT molecular complexity index is 730. The Labute approximate surface area is 146 Å². The number of amides is 2. The molecule has 3 heterocycles. The van der Waals surface area contributed by atoms with Crippen LogP contribution in [0.15, 0.2) is 4.79 Å². The first-order valence-corrected chi connectivity index (χ1v) is 8.63.